The molecule has 1 aromatic carbocycles. The van der Waals surface area contributed by atoms with Gasteiger partial charge in [0.05, 0.1) is 7.11 Å². The number of aromatic amines is 1. The summed E-state index contributed by atoms with van der Waals surface area (Å²) in [5.74, 6) is 0.521. The zero-order valence-corrected chi connectivity index (χ0v) is 15.3. The third-order valence-corrected chi connectivity index (χ3v) is 4.60. The Balaban J connectivity index is 2.17. The normalized spacial score (nSPS) is 22.5. The van der Waals surface area contributed by atoms with E-state index in [1.165, 1.54) is 0 Å². The summed E-state index contributed by atoms with van der Waals surface area (Å²) in [5, 5.41) is 0. The number of carbonyl (C=O) groups excluding carboxylic acids is 1. The predicted molar refractivity (Wildman–Crippen MR) is 96.8 cm³/mol. The molecular weight excluding hydrogens is 332 g/mol. The molecule has 6 nitrogen and oxygen atoms in total. The van der Waals surface area contributed by atoms with Crippen molar-refractivity contribution in [2.24, 2.45) is 0 Å². The van der Waals surface area contributed by atoms with Crippen LogP contribution in [0.15, 0.2) is 60.1 Å². The molecule has 0 bridgehead atoms. The lowest BCUT2D eigenvalue weighted by molar-refractivity contribution is -0.0941. The van der Waals surface area contributed by atoms with Crippen molar-refractivity contribution in [3.8, 4) is 0 Å². The van der Waals surface area contributed by atoms with Gasteiger partial charge in [0, 0.05) is 32.2 Å². The predicted octanol–water partition coefficient (Wildman–Crippen LogP) is 2.93. The van der Waals surface area contributed by atoms with Gasteiger partial charge in [-0.25, -0.2) is 4.98 Å². The number of carbonyl (C=O) groups is 1. The van der Waals surface area contributed by atoms with E-state index < -0.39 is 11.7 Å². The lowest BCUT2D eigenvalue weighted by Gasteiger charge is -2.40. The smallest absolute Gasteiger partial charge is 0.228 e. The van der Waals surface area contributed by atoms with E-state index in [1.807, 2.05) is 31.2 Å². The highest BCUT2D eigenvalue weighted by Gasteiger charge is 2.46. The molecule has 0 radical (unpaired) electrons. The molecule has 6 heteroatoms. The second kappa shape index (κ2) is 7.27. The maximum absolute atomic E-state index is 12.8. The topological polar surface area (TPSA) is 73.4 Å². The van der Waals surface area contributed by atoms with Gasteiger partial charge in [0.2, 0.25) is 5.78 Å². The number of rotatable bonds is 6. The number of hydrogen-bond acceptors (Lipinski definition) is 5. The van der Waals surface area contributed by atoms with Gasteiger partial charge in [-0.3, -0.25) is 4.79 Å². The molecule has 1 aliphatic carbocycles. The summed E-state index contributed by atoms with van der Waals surface area (Å²) >= 11 is 0. The fourth-order valence-corrected chi connectivity index (χ4v) is 3.24. The number of ether oxygens (including phenoxy) is 3. The van der Waals surface area contributed by atoms with Crippen LogP contribution in [0.1, 0.15) is 21.7 Å². The number of H-pyrrole nitrogens is 1. The van der Waals surface area contributed by atoms with Gasteiger partial charge in [-0.1, -0.05) is 29.8 Å². The van der Waals surface area contributed by atoms with Crippen LogP contribution in [0, 0.1) is 6.92 Å². The zero-order valence-electron chi connectivity index (χ0n) is 15.3. The number of methoxy groups -OCH3 is 3. The number of aryl methyl sites for hydroxylation is 1. The van der Waals surface area contributed by atoms with E-state index in [0.717, 1.165) is 11.1 Å². The first-order chi connectivity index (χ1) is 12.6. The fourth-order valence-electron chi connectivity index (χ4n) is 3.24. The average Bonchev–Trinajstić information content (AvgIpc) is 3.21. The van der Waals surface area contributed by atoms with Crippen molar-refractivity contribution in [3.63, 3.8) is 0 Å². The molecule has 0 fully saturated rings. The minimum absolute atomic E-state index is 0.243. The number of hydrogen-bond donors (Lipinski definition) is 1. The number of imidazole rings is 1. The lowest BCUT2D eigenvalue weighted by atomic mass is 9.80. The van der Waals surface area contributed by atoms with Crippen molar-refractivity contribution in [1.82, 2.24) is 9.97 Å². The molecule has 0 saturated carbocycles. The largest absolute Gasteiger partial charge is 0.498 e. The van der Waals surface area contributed by atoms with Gasteiger partial charge >= 0.3 is 0 Å². The van der Waals surface area contributed by atoms with Gasteiger partial charge in [0.25, 0.3) is 0 Å². The van der Waals surface area contributed by atoms with E-state index >= 15 is 0 Å². The van der Waals surface area contributed by atoms with Crippen molar-refractivity contribution < 1.29 is 19.0 Å². The first-order valence-electron chi connectivity index (χ1n) is 8.23. The van der Waals surface area contributed by atoms with Crippen LogP contribution < -0.4 is 0 Å². The third kappa shape index (κ3) is 2.98. The van der Waals surface area contributed by atoms with Crippen molar-refractivity contribution in [2.75, 3.05) is 21.3 Å². The Morgan fingerprint density at radius 3 is 2.46 bits per heavy atom. The molecule has 26 heavy (non-hydrogen) atoms. The molecule has 1 aromatic heterocycles. The average molecular weight is 354 g/mol. The van der Waals surface area contributed by atoms with Crippen LogP contribution in [0.2, 0.25) is 0 Å². The number of aromatic nitrogens is 2. The number of nitrogens with one attached hydrogen (secondary N) is 1. The highest BCUT2D eigenvalue weighted by Crippen LogP contribution is 2.41. The maximum atomic E-state index is 12.8. The van der Waals surface area contributed by atoms with Crippen molar-refractivity contribution in [2.45, 2.75) is 18.6 Å². The minimum Gasteiger partial charge on any atom is -0.498 e. The number of benzene rings is 1. The SMILES string of the molecule is COC1=CC(C(=O)c2ncc[nH]2)=CC(OC)(c2ccc(C)cc2)C1OC. The second-order valence-electron chi connectivity index (χ2n) is 6.10. The van der Waals surface area contributed by atoms with E-state index in [4.69, 9.17) is 14.2 Å². The summed E-state index contributed by atoms with van der Waals surface area (Å²) in [6.45, 7) is 2.01. The molecule has 1 aliphatic rings. The summed E-state index contributed by atoms with van der Waals surface area (Å²) in [4.78, 5) is 19.7. The second-order valence-corrected chi connectivity index (χ2v) is 6.10. The van der Waals surface area contributed by atoms with Gasteiger partial charge in [-0.15, -0.1) is 0 Å². The van der Waals surface area contributed by atoms with Gasteiger partial charge in [0.15, 0.2) is 11.9 Å². The summed E-state index contributed by atoms with van der Waals surface area (Å²) in [6, 6.07) is 7.93. The fraction of sp³-hybridized carbons (Fsp3) is 0.300. The number of allylic oxidation sites excluding steroid dienone is 2. The number of nitrogens with zero attached hydrogens (tertiary/aromatic N) is 1. The Morgan fingerprint density at radius 2 is 1.92 bits per heavy atom. The first-order valence-corrected chi connectivity index (χ1v) is 8.23. The Hall–Kier alpha value is -2.70. The molecule has 2 unspecified atom stereocenters. The lowest BCUT2D eigenvalue weighted by Crippen LogP contribution is -2.45. The van der Waals surface area contributed by atoms with Gasteiger partial charge in [0.1, 0.15) is 11.4 Å². The van der Waals surface area contributed by atoms with Crippen LogP contribution in [-0.4, -0.2) is 43.2 Å². The quantitative estimate of drug-likeness (QED) is 0.808. The van der Waals surface area contributed by atoms with Gasteiger partial charge < -0.3 is 19.2 Å². The van der Waals surface area contributed by atoms with Crippen molar-refractivity contribution >= 4 is 5.78 Å². The van der Waals surface area contributed by atoms with E-state index in [0.29, 0.717) is 11.3 Å². The Bertz CT molecular complexity index is 837. The zero-order chi connectivity index (χ0) is 18.7. The molecule has 0 amide bonds. The molecule has 0 aliphatic heterocycles. The van der Waals surface area contributed by atoms with E-state index in [2.05, 4.69) is 9.97 Å². The number of ketones is 1. The van der Waals surface area contributed by atoms with Crippen molar-refractivity contribution in [1.29, 1.82) is 0 Å². The molecule has 1 heterocycles. The summed E-state index contributed by atoms with van der Waals surface area (Å²) < 4.78 is 17.2. The van der Waals surface area contributed by atoms with Crippen LogP contribution >= 0.6 is 0 Å². The summed E-state index contributed by atoms with van der Waals surface area (Å²) in [5.41, 5.74) is 1.42. The summed E-state index contributed by atoms with van der Waals surface area (Å²) in [7, 11) is 4.73. The van der Waals surface area contributed by atoms with E-state index in [-0.39, 0.29) is 11.6 Å². The van der Waals surface area contributed by atoms with Crippen molar-refractivity contribution in [3.05, 3.63) is 77.1 Å². The maximum Gasteiger partial charge on any atom is 0.228 e. The molecule has 0 saturated heterocycles. The Kier molecular flexibility index (Phi) is 5.06. The molecule has 136 valence electrons. The van der Waals surface area contributed by atoms with Gasteiger partial charge in [-0.05, 0) is 24.6 Å². The van der Waals surface area contributed by atoms with E-state index in [9.17, 15) is 4.79 Å². The molecule has 1 N–H and O–H groups in total. The van der Waals surface area contributed by atoms with Crippen LogP contribution in [-0.2, 0) is 19.8 Å². The molecule has 0 spiro atoms. The van der Waals surface area contributed by atoms with Crippen LogP contribution in [0.25, 0.3) is 0 Å². The summed E-state index contributed by atoms with van der Waals surface area (Å²) in [6.07, 6.45) is 6.07. The molecule has 2 aromatic rings. The Morgan fingerprint density at radius 1 is 1.19 bits per heavy atom. The molecule has 3 rings (SSSR count). The minimum atomic E-state index is -1.000. The monoisotopic (exact) mass is 354 g/mol. The third-order valence-electron chi connectivity index (χ3n) is 4.60. The van der Waals surface area contributed by atoms with Crippen LogP contribution in [0.3, 0.4) is 0 Å². The molecule has 2 atom stereocenters. The highest BCUT2D eigenvalue weighted by molar-refractivity contribution is 6.08. The highest BCUT2D eigenvalue weighted by atomic mass is 16.6. The molecular formula is C20H22N2O4. The number of Topliss-reactive ketones (excluding diaryl/α,β-unsaturated/α-hetero) is 1. The van der Waals surface area contributed by atoms with Crippen LogP contribution in [0.5, 0.6) is 0 Å². The standard InChI is InChI=1S/C20H22N2O4/c1-13-5-7-15(8-6-13)20(26-4)12-14(11-16(24-2)18(20)25-3)17(23)19-21-9-10-22-19/h5-12,18H,1-4H3,(H,21,22). The van der Waals surface area contributed by atoms with Crippen LogP contribution in [0.4, 0.5) is 0 Å². The first kappa shape index (κ1) is 18.1. The van der Waals surface area contributed by atoms with Gasteiger partial charge in [-0.2, -0.15) is 0 Å². The Labute approximate surface area is 152 Å². The van der Waals surface area contributed by atoms with E-state index in [1.54, 1.807) is 45.9 Å².